The molecule has 10 heteroatoms. The van der Waals surface area contributed by atoms with E-state index in [0.717, 1.165) is 53.8 Å². The van der Waals surface area contributed by atoms with E-state index in [4.69, 9.17) is 16.3 Å². The van der Waals surface area contributed by atoms with Crippen molar-refractivity contribution in [2.24, 2.45) is 0 Å². The number of halogens is 1. The third-order valence-corrected chi connectivity index (χ3v) is 9.18. The van der Waals surface area contributed by atoms with Crippen LogP contribution in [0.1, 0.15) is 48.8 Å². The van der Waals surface area contributed by atoms with E-state index in [-0.39, 0.29) is 24.9 Å². The summed E-state index contributed by atoms with van der Waals surface area (Å²) in [5.41, 5.74) is 2.61. The Balaban J connectivity index is 1.75. The molecule has 0 radical (unpaired) electrons. The smallest absolute Gasteiger partial charge is 0.244 e. The number of hydrogen-bond donors (Lipinski definition) is 1. The zero-order valence-corrected chi connectivity index (χ0v) is 26.5. The van der Waals surface area contributed by atoms with Crippen LogP contribution in [0.5, 0.6) is 5.75 Å². The summed E-state index contributed by atoms with van der Waals surface area (Å²) >= 11 is 6.14. The zero-order chi connectivity index (χ0) is 31.0. The first-order valence-electron chi connectivity index (χ1n) is 14.6. The van der Waals surface area contributed by atoms with Crippen LogP contribution in [-0.4, -0.2) is 57.1 Å². The van der Waals surface area contributed by atoms with Crippen LogP contribution in [0.25, 0.3) is 0 Å². The summed E-state index contributed by atoms with van der Waals surface area (Å²) in [6.45, 7) is 1.35. The maximum atomic E-state index is 14.3. The molecule has 0 bridgehead atoms. The van der Waals surface area contributed by atoms with Gasteiger partial charge in [-0.25, -0.2) is 8.42 Å². The predicted octanol–water partition coefficient (Wildman–Crippen LogP) is 5.51. The molecule has 0 saturated heterocycles. The highest BCUT2D eigenvalue weighted by atomic mass is 35.5. The minimum absolute atomic E-state index is 0.0394. The number of sulfonamides is 1. The lowest BCUT2D eigenvalue weighted by molar-refractivity contribution is -0.140. The SMILES string of the molecule is COc1cccc(CN(C(=O)CN(c2ccc(Cl)cc2C)S(C)(=O)=O)[C@H](Cc2ccccc2)C(=O)NC2CCCCC2)c1. The fourth-order valence-corrected chi connectivity index (χ4v) is 6.69. The minimum atomic E-state index is -3.87. The second-order valence-electron chi connectivity index (χ2n) is 11.1. The molecule has 8 nitrogen and oxygen atoms in total. The minimum Gasteiger partial charge on any atom is -0.497 e. The van der Waals surface area contributed by atoms with Gasteiger partial charge in [0.1, 0.15) is 18.3 Å². The zero-order valence-electron chi connectivity index (χ0n) is 25.0. The van der Waals surface area contributed by atoms with Gasteiger partial charge in [-0.05, 0) is 66.8 Å². The molecule has 1 aliphatic carbocycles. The van der Waals surface area contributed by atoms with E-state index in [1.165, 1.54) is 4.90 Å². The second kappa shape index (κ2) is 14.8. The average molecular weight is 626 g/mol. The highest BCUT2D eigenvalue weighted by Gasteiger charge is 2.34. The summed E-state index contributed by atoms with van der Waals surface area (Å²) < 4.78 is 32.6. The molecule has 0 heterocycles. The van der Waals surface area contributed by atoms with Crippen LogP contribution in [-0.2, 0) is 32.6 Å². The van der Waals surface area contributed by atoms with E-state index in [9.17, 15) is 18.0 Å². The Morgan fingerprint density at radius 1 is 0.977 bits per heavy atom. The van der Waals surface area contributed by atoms with Crippen molar-refractivity contribution < 1.29 is 22.7 Å². The van der Waals surface area contributed by atoms with E-state index in [1.807, 2.05) is 54.6 Å². The van der Waals surface area contributed by atoms with Crippen molar-refractivity contribution in [3.8, 4) is 5.75 Å². The molecule has 1 fully saturated rings. The Morgan fingerprint density at radius 3 is 2.33 bits per heavy atom. The largest absolute Gasteiger partial charge is 0.497 e. The van der Waals surface area contributed by atoms with Gasteiger partial charge in [0.2, 0.25) is 21.8 Å². The van der Waals surface area contributed by atoms with E-state index < -0.39 is 28.5 Å². The monoisotopic (exact) mass is 625 g/mol. The molecule has 230 valence electrons. The molecule has 0 unspecified atom stereocenters. The number of hydrogen-bond acceptors (Lipinski definition) is 5. The summed E-state index contributed by atoms with van der Waals surface area (Å²) in [7, 11) is -2.30. The van der Waals surface area contributed by atoms with Gasteiger partial charge in [0, 0.05) is 24.0 Å². The standard InChI is InChI=1S/C33H40ClN3O5S/c1-24-19-27(34)17-18-30(24)37(43(3,40)41)23-32(38)36(22-26-13-10-16-29(20-26)42-2)31(21-25-11-6-4-7-12-25)33(39)35-28-14-8-5-9-15-28/h4,6-7,10-13,16-20,28,31H,5,8-9,14-15,21-23H2,1-3H3,(H,35,39)/t31-/m1/s1. The first-order valence-corrected chi connectivity index (χ1v) is 16.8. The molecule has 2 amide bonds. The number of aryl methyl sites for hydroxylation is 1. The van der Waals surface area contributed by atoms with E-state index in [1.54, 1.807) is 32.2 Å². The molecule has 0 spiro atoms. The Bertz CT molecular complexity index is 1510. The number of anilines is 1. The third kappa shape index (κ3) is 8.97. The van der Waals surface area contributed by atoms with Crippen molar-refractivity contribution in [3.05, 3.63) is 94.5 Å². The van der Waals surface area contributed by atoms with Crippen LogP contribution in [0.2, 0.25) is 5.02 Å². The number of methoxy groups -OCH3 is 1. The van der Waals surface area contributed by atoms with Crippen molar-refractivity contribution >= 4 is 39.1 Å². The molecule has 3 aromatic rings. The van der Waals surface area contributed by atoms with Gasteiger partial charge in [-0.1, -0.05) is 73.3 Å². The number of benzene rings is 3. The molecule has 1 aliphatic rings. The van der Waals surface area contributed by atoms with Gasteiger partial charge in [-0.3, -0.25) is 13.9 Å². The third-order valence-electron chi connectivity index (χ3n) is 7.82. The van der Waals surface area contributed by atoms with Gasteiger partial charge >= 0.3 is 0 Å². The number of rotatable bonds is 12. The van der Waals surface area contributed by atoms with Gasteiger partial charge in [-0.2, -0.15) is 0 Å². The maximum Gasteiger partial charge on any atom is 0.244 e. The Kier molecular flexibility index (Phi) is 11.1. The first kappa shape index (κ1) is 32.4. The molecular weight excluding hydrogens is 586 g/mol. The molecule has 43 heavy (non-hydrogen) atoms. The summed E-state index contributed by atoms with van der Waals surface area (Å²) in [5, 5.41) is 3.67. The number of carbonyl (C=O) groups excluding carboxylic acids is 2. The molecule has 4 rings (SSSR count). The lowest BCUT2D eigenvalue weighted by Crippen LogP contribution is -2.55. The number of nitrogens with zero attached hydrogens (tertiary/aromatic N) is 2. The van der Waals surface area contributed by atoms with Crippen molar-refractivity contribution in [1.29, 1.82) is 0 Å². The Labute approximate surface area is 260 Å². The summed E-state index contributed by atoms with van der Waals surface area (Å²) in [4.78, 5) is 29.9. The maximum absolute atomic E-state index is 14.3. The van der Waals surface area contributed by atoms with Gasteiger partial charge in [-0.15, -0.1) is 0 Å². The summed E-state index contributed by atoms with van der Waals surface area (Å²) in [6, 6.07) is 20.9. The van der Waals surface area contributed by atoms with Crippen LogP contribution in [0.4, 0.5) is 5.69 Å². The predicted molar refractivity (Wildman–Crippen MR) is 171 cm³/mol. The van der Waals surface area contributed by atoms with Crippen molar-refractivity contribution in [2.45, 2.75) is 64.1 Å². The molecule has 1 atom stereocenters. The molecule has 0 aliphatic heterocycles. The van der Waals surface area contributed by atoms with Crippen LogP contribution in [0.15, 0.2) is 72.8 Å². The van der Waals surface area contributed by atoms with Gasteiger partial charge in [0.05, 0.1) is 19.1 Å². The fraction of sp³-hybridized carbons (Fsp3) is 0.394. The topological polar surface area (TPSA) is 96.0 Å². The fourth-order valence-electron chi connectivity index (χ4n) is 5.56. The average Bonchev–Trinajstić information content (AvgIpc) is 2.98. The molecule has 3 aromatic carbocycles. The van der Waals surface area contributed by atoms with Crippen LogP contribution >= 0.6 is 11.6 Å². The van der Waals surface area contributed by atoms with E-state index >= 15 is 0 Å². The van der Waals surface area contributed by atoms with Crippen LogP contribution < -0.4 is 14.4 Å². The molecular formula is C33H40ClN3O5S. The van der Waals surface area contributed by atoms with E-state index in [0.29, 0.717) is 22.0 Å². The lowest BCUT2D eigenvalue weighted by atomic mass is 9.94. The second-order valence-corrected chi connectivity index (χ2v) is 13.5. The van der Waals surface area contributed by atoms with Gasteiger partial charge in [0.25, 0.3) is 0 Å². The van der Waals surface area contributed by atoms with Crippen molar-refractivity contribution in [2.75, 3.05) is 24.2 Å². The summed E-state index contributed by atoms with van der Waals surface area (Å²) in [6.07, 6.45) is 6.36. The molecule has 0 aromatic heterocycles. The Morgan fingerprint density at radius 2 is 1.67 bits per heavy atom. The summed E-state index contributed by atoms with van der Waals surface area (Å²) in [5.74, 6) is -0.131. The van der Waals surface area contributed by atoms with Gasteiger partial charge in [0.15, 0.2) is 0 Å². The van der Waals surface area contributed by atoms with Crippen LogP contribution in [0.3, 0.4) is 0 Å². The highest BCUT2D eigenvalue weighted by Crippen LogP contribution is 2.27. The van der Waals surface area contributed by atoms with Crippen molar-refractivity contribution in [1.82, 2.24) is 10.2 Å². The quantitative estimate of drug-likeness (QED) is 0.286. The lowest BCUT2D eigenvalue weighted by Gasteiger charge is -2.35. The highest BCUT2D eigenvalue weighted by molar-refractivity contribution is 7.92. The number of nitrogens with one attached hydrogen (secondary N) is 1. The first-order chi connectivity index (χ1) is 20.5. The van der Waals surface area contributed by atoms with Gasteiger partial charge < -0.3 is 15.0 Å². The number of amides is 2. The number of carbonyl (C=O) groups is 2. The van der Waals surface area contributed by atoms with E-state index in [2.05, 4.69) is 5.32 Å². The molecule has 1 saturated carbocycles. The van der Waals surface area contributed by atoms with Crippen molar-refractivity contribution in [3.63, 3.8) is 0 Å². The normalized spacial score (nSPS) is 14.5. The number of ether oxygens (including phenoxy) is 1. The van der Waals surface area contributed by atoms with Crippen LogP contribution in [0, 0.1) is 6.92 Å². The molecule has 1 N–H and O–H groups in total. The Hall–Kier alpha value is -3.56.